The molecule has 6 heteroatoms. The van der Waals surface area contributed by atoms with Crippen molar-refractivity contribution < 1.29 is 14.1 Å². The molecule has 5 nitrogen and oxygen atoms in total. The number of carbonyl (C=O) groups excluding carboxylic acids is 1. The molecule has 1 amide bonds. The van der Waals surface area contributed by atoms with Crippen molar-refractivity contribution in [2.75, 3.05) is 0 Å². The first-order valence-corrected chi connectivity index (χ1v) is 9.22. The zero-order chi connectivity index (χ0) is 18.2. The molecular weight excluding hydrogens is 312 g/mol. The second kappa shape index (κ2) is 6.63. The average Bonchev–Trinajstić information content (AvgIpc) is 2.30. The summed E-state index contributed by atoms with van der Waals surface area (Å²) < 4.78 is 21.5. The van der Waals surface area contributed by atoms with Crippen LogP contribution in [0, 0.1) is 11.3 Å². The molecule has 1 N–H and O–H groups in total. The van der Waals surface area contributed by atoms with Gasteiger partial charge in [-0.25, -0.2) is 4.79 Å². The molecule has 1 aliphatic rings. The highest BCUT2D eigenvalue weighted by molar-refractivity contribution is 7.91. The van der Waals surface area contributed by atoms with Crippen LogP contribution < -0.4 is 5.32 Å². The fourth-order valence-corrected chi connectivity index (χ4v) is 3.32. The maximum absolute atomic E-state index is 12.2. The molecule has 0 bridgehead atoms. The summed E-state index contributed by atoms with van der Waals surface area (Å²) in [7, 11) is 0. The van der Waals surface area contributed by atoms with Gasteiger partial charge in [0.15, 0.2) is 0 Å². The second-order valence-corrected chi connectivity index (χ2v) is 10.8. The molecule has 0 radical (unpaired) electrons. The van der Waals surface area contributed by atoms with Gasteiger partial charge in [-0.3, -0.25) is 0 Å². The Morgan fingerprint density at radius 1 is 1.26 bits per heavy atom. The van der Waals surface area contributed by atoms with Crippen LogP contribution in [0.3, 0.4) is 0 Å². The fourth-order valence-electron chi connectivity index (χ4n) is 2.66. The van der Waals surface area contributed by atoms with Crippen LogP contribution in [0.5, 0.6) is 0 Å². The number of ether oxygens (including phenoxy) is 1. The fraction of sp³-hybridized carbons (Fsp3) is 0.882. The van der Waals surface area contributed by atoms with Gasteiger partial charge in [-0.15, -0.1) is 0 Å². The molecule has 0 heterocycles. The van der Waals surface area contributed by atoms with Crippen LogP contribution in [0.15, 0.2) is 4.40 Å². The lowest BCUT2D eigenvalue weighted by Gasteiger charge is -2.51. The van der Waals surface area contributed by atoms with Gasteiger partial charge in [-0.2, -0.15) is 0 Å². The number of alkyl carbamates (subject to hydrolysis) is 1. The number of nitrogens with zero attached hydrogens (tertiary/aromatic N) is 1. The minimum Gasteiger partial charge on any atom is -0.591 e. The third kappa shape index (κ3) is 5.38. The van der Waals surface area contributed by atoms with Crippen LogP contribution in [-0.4, -0.2) is 32.7 Å². The van der Waals surface area contributed by atoms with E-state index in [4.69, 9.17) is 4.74 Å². The summed E-state index contributed by atoms with van der Waals surface area (Å²) in [4.78, 5) is 11.9. The third-order valence-corrected chi connectivity index (χ3v) is 5.72. The minimum atomic E-state index is -1.25. The Labute approximate surface area is 144 Å². The highest BCUT2D eigenvalue weighted by Crippen LogP contribution is 2.47. The molecule has 0 saturated heterocycles. The summed E-state index contributed by atoms with van der Waals surface area (Å²) >= 11 is -1.25. The van der Waals surface area contributed by atoms with Crippen LogP contribution in [0.2, 0.25) is 0 Å². The molecule has 1 unspecified atom stereocenters. The summed E-state index contributed by atoms with van der Waals surface area (Å²) in [5.41, 5.74) is 0.260. The average molecular weight is 345 g/mol. The lowest BCUT2D eigenvalue weighted by atomic mass is 9.57. The van der Waals surface area contributed by atoms with E-state index in [2.05, 4.69) is 23.6 Å². The van der Waals surface area contributed by atoms with E-state index in [9.17, 15) is 9.35 Å². The highest BCUT2D eigenvalue weighted by atomic mass is 32.2. The largest absolute Gasteiger partial charge is 0.591 e. The Morgan fingerprint density at radius 3 is 2.17 bits per heavy atom. The predicted octanol–water partition coefficient (Wildman–Crippen LogP) is 3.85. The Bertz CT molecular complexity index is 475. The Kier molecular flexibility index (Phi) is 5.85. The normalized spacial score (nSPS) is 26.3. The van der Waals surface area contributed by atoms with E-state index in [1.54, 1.807) is 0 Å². The number of carbonyl (C=O) groups is 1. The number of hydrogen-bond acceptors (Lipinski definition) is 4. The Hall–Kier alpha value is -0.750. The summed E-state index contributed by atoms with van der Waals surface area (Å²) in [5, 5.41) is 2.94. The molecule has 1 fully saturated rings. The molecule has 0 aromatic carbocycles. The first kappa shape index (κ1) is 20.3. The van der Waals surface area contributed by atoms with Crippen LogP contribution in [0.4, 0.5) is 4.79 Å². The molecule has 0 spiro atoms. The summed E-state index contributed by atoms with van der Waals surface area (Å²) in [6, 6.07) is 0.0376. The molecule has 0 aromatic heterocycles. The minimum absolute atomic E-state index is 0.0376. The van der Waals surface area contributed by atoms with Gasteiger partial charge in [0.05, 0.1) is 5.71 Å². The van der Waals surface area contributed by atoms with Crippen molar-refractivity contribution in [3.63, 3.8) is 0 Å². The van der Waals surface area contributed by atoms with E-state index in [0.717, 1.165) is 12.1 Å². The molecule has 23 heavy (non-hydrogen) atoms. The van der Waals surface area contributed by atoms with E-state index in [-0.39, 0.29) is 28.2 Å². The van der Waals surface area contributed by atoms with Crippen molar-refractivity contribution in [3.05, 3.63) is 0 Å². The van der Waals surface area contributed by atoms with Crippen molar-refractivity contribution in [2.45, 2.75) is 85.1 Å². The summed E-state index contributed by atoms with van der Waals surface area (Å²) in [5.74, 6) is 0.216. The molecule has 1 aliphatic carbocycles. The van der Waals surface area contributed by atoms with E-state index in [1.807, 2.05) is 48.5 Å². The summed E-state index contributed by atoms with van der Waals surface area (Å²) in [6.07, 6.45) is 0.407. The lowest BCUT2D eigenvalue weighted by Crippen LogP contribution is -2.60. The number of nitrogens with one attached hydrogen (secondary N) is 1. The van der Waals surface area contributed by atoms with Crippen LogP contribution in [0.25, 0.3) is 0 Å². The Balaban J connectivity index is 2.68. The van der Waals surface area contributed by atoms with Crippen molar-refractivity contribution >= 4 is 23.2 Å². The molecule has 0 aromatic rings. The number of rotatable bonds is 3. The topological polar surface area (TPSA) is 73.8 Å². The van der Waals surface area contributed by atoms with Gasteiger partial charge in [0, 0.05) is 12.0 Å². The van der Waals surface area contributed by atoms with E-state index in [1.165, 1.54) is 0 Å². The molecule has 3 atom stereocenters. The van der Waals surface area contributed by atoms with Crippen LogP contribution in [0.1, 0.15) is 68.7 Å². The van der Waals surface area contributed by atoms with Gasteiger partial charge in [-0.05, 0) is 60.3 Å². The maximum Gasteiger partial charge on any atom is 0.407 e. The number of hydrogen-bond donors (Lipinski definition) is 1. The van der Waals surface area contributed by atoms with Crippen molar-refractivity contribution in [3.8, 4) is 0 Å². The molecule has 134 valence electrons. The van der Waals surface area contributed by atoms with Crippen LogP contribution in [-0.2, 0) is 16.1 Å². The van der Waals surface area contributed by atoms with E-state index < -0.39 is 17.0 Å². The SMILES string of the molecule is CC(=N[S+]([O-])C(C)(C)C)[C@@H]1C[C@H](NC(=O)OC(C)(C)C)C1(C)C. The van der Waals surface area contributed by atoms with Gasteiger partial charge in [-0.1, -0.05) is 18.2 Å². The standard InChI is InChI=1S/C17H32N2O3S/c1-11(19-23(21)16(5,6)7)12-10-13(17(12,8)9)18-14(20)22-15(2,3)4/h12-13H,10H2,1-9H3,(H,18,20)/t12-,13-,23?/m0/s1. The second-order valence-electron chi connectivity index (χ2n) is 8.90. The van der Waals surface area contributed by atoms with Gasteiger partial charge >= 0.3 is 6.09 Å². The summed E-state index contributed by atoms with van der Waals surface area (Å²) in [6.45, 7) is 17.4. The predicted molar refractivity (Wildman–Crippen MR) is 96.1 cm³/mol. The lowest BCUT2D eigenvalue weighted by molar-refractivity contribution is 0.0208. The molecular formula is C17H32N2O3S. The Morgan fingerprint density at radius 2 is 1.78 bits per heavy atom. The van der Waals surface area contributed by atoms with E-state index in [0.29, 0.717) is 0 Å². The van der Waals surface area contributed by atoms with Crippen molar-refractivity contribution in [2.24, 2.45) is 15.7 Å². The van der Waals surface area contributed by atoms with Crippen molar-refractivity contribution in [1.29, 1.82) is 0 Å². The van der Waals surface area contributed by atoms with Gasteiger partial charge in [0.25, 0.3) is 0 Å². The van der Waals surface area contributed by atoms with Gasteiger partial charge in [0.2, 0.25) is 0 Å². The number of amides is 1. The first-order chi connectivity index (χ1) is 10.1. The van der Waals surface area contributed by atoms with Crippen LogP contribution >= 0.6 is 0 Å². The maximum atomic E-state index is 12.2. The quantitative estimate of drug-likeness (QED) is 0.624. The zero-order valence-electron chi connectivity index (χ0n) is 15.9. The van der Waals surface area contributed by atoms with Gasteiger partial charge in [0.1, 0.15) is 21.7 Å². The molecule has 1 rings (SSSR count). The van der Waals surface area contributed by atoms with Crippen molar-refractivity contribution in [1.82, 2.24) is 5.32 Å². The molecule has 0 aliphatic heterocycles. The third-order valence-electron chi connectivity index (χ3n) is 4.21. The van der Waals surface area contributed by atoms with E-state index >= 15 is 0 Å². The smallest absolute Gasteiger partial charge is 0.407 e. The monoisotopic (exact) mass is 344 g/mol. The zero-order valence-corrected chi connectivity index (χ0v) is 16.8. The molecule has 1 saturated carbocycles. The highest BCUT2D eigenvalue weighted by Gasteiger charge is 2.51. The van der Waals surface area contributed by atoms with Gasteiger partial charge < -0.3 is 14.6 Å². The first-order valence-electron chi connectivity index (χ1n) is 8.11.